The summed E-state index contributed by atoms with van der Waals surface area (Å²) < 4.78 is 6.45. The summed E-state index contributed by atoms with van der Waals surface area (Å²) in [6, 6.07) is 7.86. The summed E-state index contributed by atoms with van der Waals surface area (Å²) in [4.78, 5) is 21.9. The Balaban J connectivity index is 1.23. The van der Waals surface area contributed by atoms with Crippen LogP contribution in [0.4, 0.5) is 0 Å². The first kappa shape index (κ1) is 21.5. The van der Waals surface area contributed by atoms with E-state index in [0.29, 0.717) is 18.3 Å². The van der Waals surface area contributed by atoms with E-state index in [4.69, 9.17) is 4.52 Å². The quantitative estimate of drug-likeness (QED) is 0.590. The highest BCUT2D eigenvalue weighted by Crippen LogP contribution is 2.22. The molecule has 2 aliphatic rings. The molecule has 1 aromatic heterocycles. The molecule has 2 aromatic rings. The Morgan fingerprint density at radius 2 is 2.03 bits per heavy atom. The van der Waals surface area contributed by atoms with Crippen molar-refractivity contribution in [3.63, 3.8) is 0 Å². The molecular weight excluding hydrogens is 446 g/mol. The van der Waals surface area contributed by atoms with E-state index in [0.717, 1.165) is 55.5 Å². The fourth-order valence-corrected chi connectivity index (χ4v) is 4.73. The van der Waals surface area contributed by atoms with Gasteiger partial charge in [0, 0.05) is 23.1 Å². The molecule has 0 radical (unpaired) electrons. The topological polar surface area (TPSA) is 74.5 Å². The first-order valence-electron chi connectivity index (χ1n) is 11.0. The van der Waals surface area contributed by atoms with Gasteiger partial charge in [-0.1, -0.05) is 33.2 Å². The largest absolute Gasteiger partial charge is 0.356 e. The van der Waals surface area contributed by atoms with Crippen LogP contribution < -0.4 is 5.32 Å². The molecule has 2 saturated heterocycles. The third-order valence-electron chi connectivity index (χ3n) is 5.94. The van der Waals surface area contributed by atoms with Crippen LogP contribution in [0.2, 0.25) is 0 Å². The Hall–Kier alpha value is -1.77. The fourth-order valence-electron chi connectivity index (χ4n) is 4.33. The number of carbonyl (C=O) groups excluding carboxylic acids is 1. The van der Waals surface area contributed by atoms with Crippen molar-refractivity contribution >= 4 is 21.8 Å². The molecule has 0 saturated carbocycles. The molecule has 1 amide bonds. The van der Waals surface area contributed by atoms with E-state index in [-0.39, 0.29) is 11.8 Å². The lowest BCUT2D eigenvalue weighted by atomic mass is 9.97. The number of nitrogens with one attached hydrogen (secondary N) is 1. The molecule has 1 unspecified atom stereocenters. The van der Waals surface area contributed by atoms with Gasteiger partial charge < -0.3 is 14.7 Å². The number of piperidine rings is 1. The van der Waals surface area contributed by atoms with Crippen LogP contribution in [0.25, 0.3) is 11.4 Å². The van der Waals surface area contributed by atoms with Crippen molar-refractivity contribution in [1.82, 2.24) is 25.3 Å². The Kier molecular flexibility index (Phi) is 7.52. The zero-order valence-electron chi connectivity index (χ0n) is 17.4. The number of aromatic nitrogens is 2. The molecule has 0 aliphatic carbocycles. The van der Waals surface area contributed by atoms with Gasteiger partial charge in [-0.05, 0) is 70.4 Å². The third-order valence-corrected chi connectivity index (χ3v) is 6.43. The SMILES string of the molecule is O=C(NCCCN1CCCC1)C1CCCN(Cc2nc(-c3cccc(Br)c3)no2)C1. The number of carbonyl (C=O) groups is 1. The minimum absolute atomic E-state index is 0.0398. The second kappa shape index (κ2) is 10.5. The highest BCUT2D eigenvalue weighted by Gasteiger charge is 2.26. The van der Waals surface area contributed by atoms with Gasteiger partial charge >= 0.3 is 0 Å². The predicted octanol–water partition coefficient (Wildman–Crippen LogP) is 3.31. The number of halogens is 1. The Bertz CT molecular complexity index is 836. The minimum Gasteiger partial charge on any atom is -0.356 e. The van der Waals surface area contributed by atoms with Gasteiger partial charge in [0.1, 0.15) is 0 Å². The molecule has 0 bridgehead atoms. The standard InChI is InChI=1S/C22H30BrN5O2/c23-19-8-3-6-17(14-19)21-25-20(30-26-21)16-28-12-4-7-18(15-28)22(29)24-9-5-13-27-10-1-2-11-27/h3,6,8,14,18H,1-2,4-5,7,9-13,15-16H2,(H,24,29). The highest BCUT2D eigenvalue weighted by molar-refractivity contribution is 9.10. The van der Waals surface area contributed by atoms with Crippen molar-refractivity contribution in [2.75, 3.05) is 39.3 Å². The Morgan fingerprint density at radius 1 is 1.20 bits per heavy atom. The second-order valence-electron chi connectivity index (χ2n) is 8.29. The molecule has 3 heterocycles. The van der Waals surface area contributed by atoms with Gasteiger partial charge in [-0.25, -0.2) is 0 Å². The molecule has 8 heteroatoms. The zero-order valence-corrected chi connectivity index (χ0v) is 18.9. The van der Waals surface area contributed by atoms with Crippen LogP contribution in [0.3, 0.4) is 0 Å². The summed E-state index contributed by atoms with van der Waals surface area (Å²) in [7, 11) is 0. The van der Waals surface area contributed by atoms with Crippen LogP contribution in [0.1, 0.15) is 38.0 Å². The summed E-state index contributed by atoms with van der Waals surface area (Å²) >= 11 is 3.47. The monoisotopic (exact) mass is 475 g/mol. The number of likely N-dealkylation sites (tertiary alicyclic amines) is 2. The van der Waals surface area contributed by atoms with E-state index < -0.39 is 0 Å². The van der Waals surface area contributed by atoms with Gasteiger partial charge in [0.25, 0.3) is 0 Å². The average Bonchev–Trinajstić information content (AvgIpc) is 3.43. The first-order chi connectivity index (χ1) is 14.7. The lowest BCUT2D eigenvalue weighted by molar-refractivity contribution is -0.126. The van der Waals surface area contributed by atoms with Crippen molar-refractivity contribution < 1.29 is 9.32 Å². The summed E-state index contributed by atoms with van der Waals surface area (Å²) in [6.07, 6.45) is 5.62. The van der Waals surface area contributed by atoms with Crippen LogP contribution in [0, 0.1) is 5.92 Å². The van der Waals surface area contributed by atoms with E-state index >= 15 is 0 Å². The third kappa shape index (κ3) is 5.89. The predicted molar refractivity (Wildman–Crippen MR) is 119 cm³/mol. The van der Waals surface area contributed by atoms with E-state index in [1.54, 1.807) is 0 Å². The molecule has 0 spiro atoms. The summed E-state index contributed by atoms with van der Waals surface area (Å²) in [6.45, 7) is 6.56. The van der Waals surface area contributed by atoms with Gasteiger partial charge in [-0.2, -0.15) is 4.98 Å². The molecule has 162 valence electrons. The lowest BCUT2D eigenvalue weighted by Gasteiger charge is -2.30. The maximum absolute atomic E-state index is 12.6. The molecule has 1 N–H and O–H groups in total. The zero-order chi connectivity index (χ0) is 20.8. The van der Waals surface area contributed by atoms with Gasteiger partial charge in [-0.15, -0.1) is 0 Å². The van der Waals surface area contributed by atoms with E-state index in [9.17, 15) is 4.79 Å². The number of amides is 1. The van der Waals surface area contributed by atoms with Gasteiger partial charge in [0.15, 0.2) is 0 Å². The fraction of sp³-hybridized carbons (Fsp3) is 0.591. The molecular formula is C22H30BrN5O2. The average molecular weight is 476 g/mol. The number of rotatable bonds is 8. The molecule has 2 aliphatic heterocycles. The maximum Gasteiger partial charge on any atom is 0.241 e. The van der Waals surface area contributed by atoms with Crippen molar-refractivity contribution in [2.24, 2.45) is 5.92 Å². The van der Waals surface area contributed by atoms with Crippen molar-refractivity contribution in [3.05, 3.63) is 34.6 Å². The molecule has 7 nitrogen and oxygen atoms in total. The van der Waals surface area contributed by atoms with Crippen LogP contribution in [0.5, 0.6) is 0 Å². The van der Waals surface area contributed by atoms with E-state index in [1.807, 2.05) is 24.3 Å². The maximum atomic E-state index is 12.6. The molecule has 2 fully saturated rings. The number of nitrogens with zero attached hydrogens (tertiary/aromatic N) is 4. The second-order valence-corrected chi connectivity index (χ2v) is 9.21. The van der Waals surface area contributed by atoms with Gasteiger partial charge in [-0.3, -0.25) is 9.69 Å². The van der Waals surface area contributed by atoms with Crippen molar-refractivity contribution in [2.45, 2.75) is 38.6 Å². The molecule has 30 heavy (non-hydrogen) atoms. The van der Waals surface area contributed by atoms with E-state index in [1.165, 1.54) is 25.9 Å². The van der Waals surface area contributed by atoms with Crippen molar-refractivity contribution in [3.8, 4) is 11.4 Å². The molecule has 1 aromatic carbocycles. The molecule has 1 atom stereocenters. The number of hydrogen-bond acceptors (Lipinski definition) is 6. The van der Waals surface area contributed by atoms with Crippen LogP contribution in [-0.2, 0) is 11.3 Å². The number of hydrogen-bond donors (Lipinski definition) is 1. The smallest absolute Gasteiger partial charge is 0.241 e. The first-order valence-corrected chi connectivity index (χ1v) is 11.8. The highest BCUT2D eigenvalue weighted by atomic mass is 79.9. The Labute approximate surface area is 186 Å². The number of benzene rings is 1. The van der Waals surface area contributed by atoms with Gasteiger partial charge in [0.05, 0.1) is 12.5 Å². The summed E-state index contributed by atoms with van der Waals surface area (Å²) in [5.74, 6) is 1.41. The van der Waals surface area contributed by atoms with Gasteiger partial charge in [0.2, 0.25) is 17.6 Å². The van der Waals surface area contributed by atoms with Crippen molar-refractivity contribution in [1.29, 1.82) is 0 Å². The minimum atomic E-state index is 0.0398. The van der Waals surface area contributed by atoms with Crippen LogP contribution >= 0.6 is 15.9 Å². The molecule has 4 rings (SSSR count). The van der Waals surface area contributed by atoms with Crippen LogP contribution in [0.15, 0.2) is 33.3 Å². The van der Waals surface area contributed by atoms with E-state index in [2.05, 4.69) is 41.2 Å². The lowest BCUT2D eigenvalue weighted by Crippen LogP contribution is -2.43. The Morgan fingerprint density at radius 3 is 2.87 bits per heavy atom. The normalized spacial score (nSPS) is 20.5. The summed E-state index contributed by atoms with van der Waals surface area (Å²) in [5.41, 5.74) is 0.921. The summed E-state index contributed by atoms with van der Waals surface area (Å²) in [5, 5.41) is 7.26. The van der Waals surface area contributed by atoms with Crippen LogP contribution in [-0.4, -0.2) is 65.1 Å².